The Morgan fingerprint density at radius 1 is 1.26 bits per heavy atom. The molecule has 0 saturated carbocycles. The lowest BCUT2D eigenvalue weighted by Crippen LogP contribution is -2.18. The van der Waals surface area contributed by atoms with Crippen molar-refractivity contribution in [3.8, 4) is 11.3 Å². The molecular weight excluding hydrogens is 287 g/mol. The fraction of sp³-hybridized carbons (Fsp3) is 0.308. The number of rotatable bonds is 6. The van der Waals surface area contributed by atoms with Gasteiger partial charge in [0, 0.05) is 31.8 Å². The molecule has 102 valence electrons. The summed E-state index contributed by atoms with van der Waals surface area (Å²) in [6.45, 7) is 2.07. The van der Waals surface area contributed by atoms with Crippen molar-refractivity contribution in [3.05, 3.63) is 40.0 Å². The molecular formula is C13H14Cl2N2O2. The van der Waals surface area contributed by atoms with E-state index in [-0.39, 0.29) is 0 Å². The van der Waals surface area contributed by atoms with E-state index in [1.165, 1.54) is 0 Å². The highest BCUT2D eigenvalue weighted by Gasteiger charge is 2.08. The molecule has 0 aliphatic heterocycles. The predicted octanol–water partition coefficient (Wildman–Crippen LogP) is 3.38. The van der Waals surface area contributed by atoms with Crippen molar-refractivity contribution < 1.29 is 9.26 Å². The first-order valence-electron chi connectivity index (χ1n) is 5.81. The smallest absolute Gasteiger partial charge is 0.167 e. The van der Waals surface area contributed by atoms with Gasteiger partial charge in [0.2, 0.25) is 0 Å². The van der Waals surface area contributed by atoms with Gasteiger partial charge in [-0.25, -0.2) is 0 Å². The van der Waals surface area contributed by atoms with Gasteiger partial charge in [0.15, 0.2) is 5.76 Å². The zero-order valence-corrected chi connectivity index (χ0v) is 12.0. The van der Waals surface area contributed by atoms with Crippen LogP contribution in [0, 0.1) is 0 Å². The molecule has 2 aromatic rings. The molecule has 4 nitrogen and oxygen atoms in total. The third-order valence-corrected chi connectivity index (χ3v) is 3.29. The fourth-order valence-electron chi connectivity index (χ4n) is 1.57. The summed E-state index contributed by atoms with van der Waals surface area (Å²) >= 11 is 11.8. The number of halogens is 2. The van der Waals surface area contributed by atoms with E-state index < -0.39 is 0 Å². The molecule has 0 atom stereocenters. The summed E-state index contributed by atoms with van der Waals surface area (Å²) < 4.78 is 10.2. The molecule has 0 unspecified atom stereocenters. The van der Waals surface area contributed by atoms with Crippen LogP contribution >= 0.6 is 23.2 Å². The average Bonchev–Trinajstić information content (AvgIpc) is 2.87. The number of hydrogen-bond acceptors (Lipinski definition) is 4. The number of hydrogen-bond donors (Lipinski definition) is 1. The standard InChI is InChI=1S/C13H14Cl2N2O2/c1-18-5-4-16-8-10-7-13(19-17-10)9-2-3-11(14)12(15)6-9/h2-3,6-7,16H,4-5,8H2,1H3. The number of ether oxygens (including phenoxy) is 1. The number of benzene rings is 1. The van der Waals surface area contributed by atoms with Crippen LogP contribution in [0.1, 0.15) is 5.69 Å². The number of methoxy groups -OCH3 is 1. The Balaban J connectivity index is 2.01. The first kappa shape index (κ1) is 14.3. The van der Waals surface area contributed by atoms with Crippen LogP contribution in [0.4, 0.5) is 0 Å². The van der Waals surface area contributed by atoms with Gasteiger partial charge >= 0.3 is 0 Å². The first-order chi connectivity index (χ1) is 9.20. The van der Waals surface area contributed by atoms with Crippen molar-refractivity contribution in [2.24, 2.45) is 0 Å². The lowest BCUT2D eigenvalue weighted by atomic mass is 10.1. The summed E-state index contributed by atoms with van der Waals surface area (Å²) in [5, 5.41) is 8.20. The maximum Gasteiger partial charge on any atom is 0.167 e. The van der Waals surface area contributed by atoms with E-state index in [4.69, 9.17) is 32.5 Å². The summed E-state index contributed by atoms with van der Waals surface area (Å²) in [4.78, 5) is 0. The fourth-order valence-corrected chi connectivity index (χ4v) is 1.87. The molecule has 0 amide bonds. The van der Waals surface area contributed by atoms with Crippen molar-refractivity contribution in [3.63, 3.8) is 0 Å². The van der Waals surface area contributed by atoms with E-state index in [2.05, 4.69) is 10.5 Å². The zero-order chi connectivity index (χ0) is 13.7. The molecule has 0 bridgehead atoms. The Morgan fingerprint density at radius 2 is 2.11 bits per heavy atom. The van der Waals surface area contributed by atoms with Crippen molar-refractivity contribution in [2.45, 2.75) is 6.54 Å². The van der Waals surface area contributed by atoms with E-state index in [9.17, 15) is 0 Å². The summed E-state index contributed by atoms with van der Waals surface area (Å²) in [6.07, 6.45) is 0. The van der Waals surface area contributed by atoms with Crippen molar-refractivity contribution in [2.75, 3.05) is 20.3 Å². The lowest BCUT2D eigenvalue weighted by molar-refractivity contribution is 0.199. The summed E-state index contributed by atoms with van der Waals surface area (Å²) in [5.41, 5.74) is 1.68. The molecule has 0 fully saturated rings. The van der Waals surface area contributed by atoms with Crippen LogP contribution in [-0.4, -0.2) is 25.4 Å². The van der Waals surface area contributed by atoms with Gasteiger partial charge in [-0.15, -0.1) is 0 Å². The highest BCUT2D eigenvalue weighted by molar-refractivity contribution is 6.42. The van der Waals surface area contributed by atoms with E-state index in [1.54, 1.807) is 19.2 Å². The summed E-state index contributed by atoms with van der Waals surface area (Å²) in [7, 11) is 1.67. The van der Waals surface area contributed by atoms with Crippen LogP contribution in [-0.2, 0) is 11.3 Å². The summed E-state index contributed by atoms with van der Waals surface area (Å²) in [5.74, 6) is 0.669. The Morgan fingerprint density at radius 3 is 2.84 bits per heavy atom. The average molecular weight is 301 g/mol. The molecule has 1 heterocycles. The zero-order valence-electron chi connectivity index (χ0n) is 10.5. The largest absolute Gasteiger partial charge is 0.383 e. The second kappa shape index (κ2) is 6.91. The quantitative estimate of drug-likeness (QED) is 0.831. The molecule has 6 heteroatoms. The van der Waals surface area contributed by atoms with Gasteiger partial charge in [0.05, 0.1) is 22.3 Å². The predicted molar refractivity (Wildman–Crippen MR) is 75.5 cm³/mol. The summed E-state index contributed by atoms with van der Waals surface area (Å²) in [6, 6.07) is 7.21. The van der Waals surface area contributed by atoms with Crippen LogP contribution in [0.2, 0.25) is 10.0 Å². The lowest BCUT2D eigenvalue weighted by Gasteiger charge is -1.99. The van der Waals surface area contributed by atoms with Crippen molar-refractivity contribution in [1.29, 1.82) is 0 Å². The molecule has 0 aliphatic carbocycles. The minimum Gasteiger partial charge on any atom is -0.383 e. The molecule has 19 heavy (non-hydrogen) atoms. The first-order valence-corrected chi connectivity index (χ1v) is 6.57. The van der Waals surface area contributed by atoms with E-state index in [1.807, 2.05) is 12.1 Å². The Kier molecular flexibility index (Phi) is 5.22. The molecule has 0 saturated heterocycles. The third-order valence-electron chi connectivity index (χ3n) is 2.55. The van der Waals surface area contributed by atoms with Gasteiger partial charge < -0.3 is 14.6 Å². The molecule has 1 N–H and O–H groups in total. The van der Waals surface area contributed by atoms with Crippen LogP contribution in [0.25, 0.3) is 11.3 Å². The van der Waals surface area contributed by atoms with Crippen LogP contribution in [0.5, 0.6) is 0 Å². The SMILES string of the molecule is COCCNCc1cc(-c2ccc(Cl)c(Cl)c2)on1. The second-order valence-corrected chi connectivity index (χ2v) is 4.80. The van der Waals surface area contributed by atoms with Gasteiger partial charge in [-0.3, -0.25) is 0 Å². The normalized spacial score (nSPS) is 10.9. The number of aromatic nitrogens is 1. The van der Waals surface area contributed by atoms with Gasteiger partial charge in [-0.2, -0.15) is 0 Å². The van der Waals surface area contributed by atoms with E-state index >= 15 is 0 Å². The molecule has 1 aromatic carbocycles. The molecule has 0 spiro atoms. The second-order valence-electron chi connectivity index (χ2n) is 3.98. The Hall–Kier alpha value is -1.07. The van der Waals surface area contributed by atoms with Crippen molar-refractivity contribution >= 4 is 23.2 Å². The molecule has 2 rings (SSSR count). The molecule has 0 radical (unpaired) electrons. The van der Waals surface area contributed by atoms with Gasteiger partial charge in [-0.1, -0.05) is 28.4 Å². The van der Waals surface area contributed by atoms with Gasteiger partial charge in [0.25, 0.3) is 0 Å². The number of nitrogens with one attached hydrogen (secondary N) is 1. The Bertz CT molecular complexity index is 543. The highest BCUT2D eigenvalue weighted by Crippen LogP contribution is 2.28. The third kappa shape index (κ3) is 3.94. The van der Waals surface area contributed by atoms with Crippen LogP contribution in [0.3, 0.4) is 0 Å². The van der Waals surface area contributed by atoms with Crippen molar-refractivity contribution in [1.82, 2.24) is 10.5 Å². The highest BCUT2D eigenvalue weighted by atomic mass is 35.5. The van der Waals surface area contributed by atoms with E-state index in [0.717, 1.165) is 17.8 Å². The topological polar surface area (TPSA) is 47.3 Å². The minimum absolute atomic E-state index is 0.496. The maximum absolute atomic E-state index is 5.97. The van der Waals surface area contributed by atoms with Gasteiger partial charge in [-0.05, 0) is 18.2 Å². The molecule has 1 aromatic heterocycles. The number of nitrogens with zero attached hydrogens (tertiary/aromatic N) is 1. The maximum atomic E-state index is 5.97. The van der Waals surface area contributed by atoms with Gasteiger partial charge in [0.1, 0.15) is 0 Å². The van der Waals surface area contributed by atoms with Crippen LogP contribution in [0.15, 0.2) is 28.8 Å². The minimum atomic E-state index is 0.496. The van der Waals surface area contributed by atoms with Crippen LogP contribution < -0.4 is 5.32 Å². The van der Waals surface area contributed by atoms with E-state index in [0.29, 0.717) is 29.0 Å². The monoisotopic (exact) mass is 300 g/mol. The molecule has 0 aliphatic rings. The Labute approximate surface area is 121 Å².